The van der Waals surface area contributed by atoms with Crippen LogP contribution in [0.5, 0.6) is 0 Å². The first-order chi connectivity index (χ1) is 8.16. The van der Waals surface area contributed by atoms with Crippen LogP contribution < -0.4 is 0 Å². The number of aryl methyl sites for hydroxylation is 2. The fourth-order valence-electron chi connectivity index (χ4n) is 2.58. The molecular formula is C16H22O. The van der Waals surface area contributed by atoms with Crippen molar-refractivity contribution >= 4 is 0 Å². The molecule has 2 unspecified atom stereocenters. The van der Waals surface area contributed by atoms with Crippen LogP contribution in [0.25, 0.3) is 0 Å². The second-order valence-corrected chi connectivity index (χ2v) is 5.25. The molecule has 0 radical (unpaired) electrons. The molecule has 1 aliphatic carbocycles. The molecule has 0 amide bonds. The molecule has 0 aromatic heterocycles. The standard InChI is InChI=1S/C16H22O/c1-12-8-9-13(2)15(10-12)11-16(17)14-6-4-3-5-7-14/h3-4,8-10,14,16-17H,5-7,11H2,1-2H3. The van der Waals surface area contributed by atoms with Crippen molar-refractivity contribution in [3.63, 3.8) is 0 Å². The largest absolute Gasteiger partial charge is 0.392 e. The molecule has 1 N–H and O–H groups in total. The van der Waals surface area contributed by atoms with Crippen molar-refractivity contribution in [2.75, 3.05) is 0 Å². The van der Waals surface area contributed by atoms with Crippen LogP contribution in [0.1, 0.15) is 36.0 Å². The first-order valence-corrected chi connectivity index (χ1v) is 6.56. The van der Waals surface area contributed by atoms with Crippen molar-refractivity contribution in [2.45, 2.75) is 45.6 Å². The van der Waals surface area contributed by atoms with Crippen molar-refractivity contribution < 1.29 is 5.11 Å². The van der Waals surface area contributed by atoms with Gasteiger partial charge in [0.2, 0.25) is 0 Å². The van der Waals surface area contributed by atoms with Gasteiger partial charge in [0.15, 0.2) is 0 Å². The summed E-state index contributed by atoms with van der Waals surface area (Å²) in [6.07, 6.45) is 8.32. The van der Waals surface area contributed by atoms with E-state index in [1.165, 1.54) is 16.7 Å². The summed E-state index contributed by atoms with van der Waals surface area (Å²) in [5.74, 6) is 0.444. The Morgan fingerprint density at radius 1 is 1.29 bits per heavy atom. The molecule has 17 heavy (non-hydrogen) atoms. The molecule has 0 aliphatic heterocycles. The molecule has 1 nitrogen and oxygen atoms in total. The fourth-order valence-corrected chi connectivity index (χ4v) is 2.58. The van der Waals surface area contributed by atoms with Gasteiger partial charge in [0.05, 0.1) is 6.10 Å². The van der Waals surface area contributed by atoms with Crippen LogP contribution in [0.3, 0.4) is 0 Å². The summed E-state index contributed by atoms with van der Waals surface area (Å²) in [6.45, 7) is 4.24. The second-order valence-electron chi connectivity index (χ2n) is 5.25. The zero-order valence-electron chi connectivity index (χ0n) is 10.8. The number of aliphatic hydroxyl groups is 1. The molecule has 0 saturated carbocycles. The predicted molar refractivity (Wildman–Crippen MR) is 72.1 cm³/mol. The van der Waals surface area contributed by atoms with Crippen LogP contribution in [0.2, 0.25) is 0 Å². The molecule has 1 heteroatoms. The van der Waals surface area contributed by atoms with Gasteiger partial charge < -0.3 is 5.11 Å². The van der Waals surface area contributed by atoms with Crippen molar-refractivity contribution in [3.05, 3.63) is 47.0 Å². The second kappa shape index (κ2) is 5.50. The maximum absolute atomic E-state index is 10.3. The fraction of sp³-hybridized carbons (Fsp3) is 0.500. The van der Waals surface area contributed by atoms with Crippen molar-refractivity contribution in [2.24, 2.45) is 5.92 Å². The zero-order valence-corrected chi connectivity index (χ0v) is 10.8. The Balaban J connectivity index is 2.04. The molecule has 2 rings (SSSR count). The van der Waals surface area contributed by atoms with E-state index in [1.54, 1.807) is 0 Å². The van der Waals surface area contributed by atoms with Gasteiger partial charge in [0.25, 0.3) is 0 Å². The average molecular weight is 230 g/mol. The summed E-state index contributed by atoms with van der Waals surface area (Å²) in [4.78, 5) is 0. The highest BCUT2D eigenvalue weighted by molar-refractivity contribution is 5.31. The Morgan fingerprint density at radius 3 is 2.82 bits per heavy atom. The maximum atomic E-state index is 10.3. The molecule has 1 aromatic rings. The normalized spacial score (nSPS) is 21.5. The van der Waals surface area contributed by atoms with E-state index in [4.69, 9.17) is 0 Å². The van der Waals surface area contributed by atoms with E-state index in [0.717, 1.165) is 25.7 Å². The SMILES string of the molecule is Cc1ccc(C)c(CC(O)C2CC=CCC2)c1. The lowest BCUT2D eigenvalue weighted by molar-refractivity contribution is 0.102. The highest BCUT2D eigenvalue weighted by atomic mass is 16.3. The molecule has 2 atom stereocenters. The van der Waals surface area contributed by atoms with Crippen LogP contribution >= 0.6 is 0 Å². The Bertz CT molecular complexity index is 406. The lowest BCUT2D eigenvalue weighted by Crippen LogP contribution is -2.24. The van der Waals surface area contributed by atoms with Gasteiger partial charge in [-0.2, -0.15) is 0 Å². The molecule has 0 fully saturated rings. The quantitative estimate of drug-likeness (QED) is 0.787. The minimum atomic E-state index is -0.194. The summed E-state index contributed by atoms with van der Waals surface area (Å²) in [5, 5.41) is 10.3. The van der Waals surface area contributed by atoms with Gasteiger partial charge in [-0.3, -0.25) is 0 Å². The summed E-state index contributed by atoms with van der Waals surface area (Å²) in [6, 6.07) is 6.49. The van der Waals surface area contributed by atoms with Crippen molar-refractivity contribution in [1.82, 2.24) is 0 Å². The topological polar surface area (TPSA) is 20.2 Å². The van der Waals surface area contributed by atoms with Crippen molar-refractivity contribution in [3.8, 4) is 0 Å². The highest BCUT2D eigenvalue weighted by Crippen LogP contribution is 2.25. The number of hydrogen-bond acceptors (Lipinski definition) is 1. The monoisotopic (exact) mass is 230 g/mol. The highest BCUT2D eigenvalue weighted by Gasteiger charge is 2.20. The molecule has 0 heterocycles. The molecule has 1 aromatic carbocycles. The van der Waals surface area contributed by atoms with E-state index in [1.807, 2.05) is 0 Å². The van der Waals surface area contributed by atoms with Crippen LogP contribution in [-0.4, -0.2) is 11.2 Å². The Kier molecular flexibility index (Phi) is 4.01. The van der Waals surface area contributed by atoms with E-state index in [9.17, 15) is 5.11 Å². The smallest absolute Gasteiger partial charge is 0.0611 e. The number of benzene rings is 1. The van der Waals surface area contributed by atoms with E-state index >= 15 is 0 Å². The molecule has 92 valence electrons. The first-order valence-electron chi connectivity index (χ1n) is 6.56. The van der Waals surface area contributed by atoms with Crippen LogP contribution in [0, 0.1) is 19.8 Å². The zero-order chi connectivity index (χ0) is 12.3. The first kappa shape index (κ1) is 12.4. The third-order valence-electron chi connectivity index (χ3n) is 3.79. The van der Waals surface area contributed by atoms with Gasteiger partial charge in [0.1, 0.15) is 0 Å². The molecule has 1 aliphatic rings. The molecule has 0 spiro atoms. The third-order valence-corrected chi connectivity index (χ3v) is 3.79. The van der Waals surface area contributed by atoms with Gasteiger partial charge in [-0.15, -0.1) is 0 Å². The number of aliphatic hydroxyl groups excluding tert-OH is 1. The van der Waals surface area contributed by atoms with E-state index in [0.29, 0.717) is 5.92 Å². The van der Waals surface area contributed by atoms with E-state index in [-0.39, 0.29) is 6.10 Å². The van der Waals surface area contributed by atoms with Gasteiger partial charge in [-0.25, -0.2) is 0 Å². The molecular weight excluding hydrogens is 208 g/mol. The minimum Gasteiger partial charge on any atom is -0.392 e. The molecule has 0 bridgehead atoms. The summed E-state index contributed by atoms with van der Waals surface area (Å²) < 4.78 is 0. The Hall–Kier alpha value is -1.08. The number of hydrogen-bond donors (Lipinski definition) is 1. The predicted octanol–water partition coefficient (Wildman–Crippen LogP) is 3.56. The van der Waals surface area contributed by atoms with Gasteiger partial charge in [0, 0.05) is 0 Å². The van der Waals surface area contributed by atoms with E-state index < -0.39 is 0 Å². The average Bonchev–Trinajstić information content (AvgIpc) is 2.35. The lowest BCUT2D eigenvalue weighted by atomic mass is 9.85. The van der Waals surface area contributed by atoms with Gasteiger partial charge in [-0.05, 0) is 56.6 Å². The van der Waals surface area contributed by atoms with Crippen LogP contribution in [-0.2, 0) is 6.42 Å². The minimum absolute atomic E-state index is 0.194. The summed E-state index contributed by atoms with van der Waals surface area (Å²) >= 11 is 0. The number of allylic oxidation sites excluding steroid dienone is 2. The summed E-state index contributed by atoms with van der Waals surface area (Å²) in [7, 11) is 0. The Labute approximate surface area is 104 Å². The molecule has 0 saturated heterocycles. The maximum Gasteiger partial charge on any atom is 0.0611 e. The Morgan fingerprint density at radius 2 is 2.12 bits per heavy atom. The van der Waals surface area contributed by atoms with Gasteiger partial charge >= 0.3 is 0 Å². The third kappa shape index (κ3) is 3.19. The van der Waals surface area contributed by atoms with Crippen LogP contribution in [0.15, 0.2) is 30.4 Å². The van der Waals surface area contributed by atoms with Crippen LogP contribution in [0.4, 0.5) is 0 Å². The number of rotatable bonds is 3. The summed E-state index contributed by atoms with van der Waals surface area (Å²) in [5.41, 5.74) is 3.87. The van der Waals surface area contributed by atoms with Crippen molar-refractivity contribution in [1.29, 1.82) is 0 Å². The van der Waals surface area contributed by atoms with E-state index in [2.05, 4.69) is 44.2 Å². The van der Waals surface area contributed by atoms with Gasteiger partial charge in [-0.1, -0.05) is 35.9 Å². The lowest BCUT2D eigenvalue weighted by Gasteiger charge is -2.24.